The number of ether oxygens (including phenoxy) is 2. The maximum atomic E-state index is 11.9. The van der Waals surface area contributed by atoms with E-state index in [-0.39, 0.29) is 12.4 Å². The molecule has 4 aromatic rings. The van der Waals surface area contributed by atoms with Crippen molar-refractivity contribution in [3.05, 3.63) is 76.9 Å². The standard InChI is InChI=1S/C27H27N7O3/c35-23-8-6-19-13-18(5-7-20(19)23)15-28-33-24-14-27(34-9-11-36-12-10-34)32-26(31-24)17-37-16-25-29-21-3-1-2-4-22(21)30-25/h1-5,7,13-14H,6,8-12,15-17H2,(H,29,30). The van der Waals surface area contributed by atoms with Gasteiger partial charge in [-0.25, -0.2) is 15.0 Å². The summed E-state index contributed by atoms with van der Waals surface area (Å²) in [4.78, 5) is 31.1. The van der Waals surface area contributed by atoms with Gasteiger partial charge in [0.05, 0.1) is 30.8 Å². The van der Waals surface area contributed by atoms with Gasteiger partial charge in [0.15, 0.2) is 17.4 Å². The van der Waals surface area contributed by atoms with Crippen LogP contribution >= 0.6 is 0 Å². The highest BCUT2D eigenvalue weighted by Crippen LogP contribution is 2.24. The van der Waals surface area contributed by atoms with Gasteiger partial charge in [-0.05, 0) is 29.7 Å². The Morgan fingerprint density at radius 2 is 1.89 bits per heavy atom. The number of nitrogens with one attached hydrogen (secondary N) is 1. The summed E-state index contributed by atoms with van der Waals surface area (Å²) < 4.78 is 11.4. The Hall–Kier alpha value is -4.02. The van der Waals surface area contributed by atoms with Crippen molar-refractivity contribution >= 4 is 28.5 Å². The Morgan fingerprint density at radius 3 is 2.78 bits per heavy atom. The van der Waals surface area contributed by atoms with Crippen molar-refractivity contribution in [1.29, 1.82) is 0 Å². The van der Waals surface area contributed by atoms with Gasteiger partial charge in [0.2, 0.25) is 0 Å². The smallest absolute Gasteiger partial charge is 0.179 e. The van der Waals surface area contributed by atoms with E-state index in [4.69, 9.17) is 14.5 Å². The van der Waals surface area contributed by atoms with Gasteiger partial charge in [0.1, 0.15) is 24.9 Å². The van der Waals surface area contributed by atoms with E-state index in [0.29, 0.717) is 44.4 Å². The molecule has 6 rings (SSSR count). The number of Topliss-reactive ketones (excluding diaryl/α,β-unsaturated/α-hetero) is 1. The molecule has 0 atom stereocenters. The fraction of sp³-hybridized carbons (Fsp3) is 0.333. The number of morpholine rings is 1. The Bertz CT molecular complexity index is 1430. The van der Waals surface area contributed by atoms with Gasteiger partial charge in [0.25, 0.3) is 0 Å². The van der Waals surface area contributed by atoms with Gasteiger partial charge in [-0.2, -0.15) is 5.11 Å². The van der Waals surface area contributed by atoms with Crippen molar-refractivity contribution in [2.45, 2.75) is 32.6 Å². The fourth-order valence-electron chi connectivity index (χ4n) is 4.65. The predicted molar refractivity (Wildman–Crippen MR) is 137 cm³/mol. The third-order valence-corrected chi connectivity index (χ3v) is 6.51. The van der Waals surface area contributed by atoms with Gasteiger partial charge >= 0.3 is 0 Å². The monoisotopic (exact) mass is 497 g/mol. The number of nitrogens with zero attached hydrogens (tertiary/aromatic N) is 6. The van der Waals surface area contributed by atoms with Crippen molar-refractivity contribution in [3.63, 3.8) is 0 Å². The summed E-state index contributed by atoms with van der Waals surface area (Å²) in [6.07, 6.45) is 1.39. The van der Waals surface area contributed by atoms with Gasteiger partial charge < -0.3 is 19.4 Å². The molecule has 188 valence electrons. The molecule has 1 N–H and O–H groups in total. The molecule has 1 fully saturated rings. The van der Waals surface area contributed by atoms with Crippen LogP contribution in [0.25, 0.3) is 11.0 Å². The van der Waals surface area contributed by atoms with E-state index in [9.17, 15) is 4.79 Å². The normalized spacial score (nSPS) is 15.7. The lowest BCUT2D eigenvalue weighted by Gasteiger charge is -2.28. The molecule has 37 heavy (non-hydrogen) atoms. The van der Waals surface area contributed by atoms with Crippen molar-refractivity contribution < 1.29 is 14.3 Å². The van der Waals surface area contributed by atoms with Crippen molar-refractivity contribution in [1.82, 2.24) is 19.9 Å². The van der Waals surface area contributed by atoms with Crippen LogP contribution < -0.4 is 4.90 Å². The number of imidazole rings is 1. The molecule has 0 bridgehead atoms. The van der Waals surface area contributed by atoms with Crippen LogP contribution in [0, 0.1) is 0 Å². The number of carbonyl (C=O) groups excluding carboxylic acids is 1. The summed E-state index contributed by atoms with van der Waals surface area (Å²) in [7, 11) is 0. The molecular formula is C27H27N7O3. The van der Waals surface area contributed by atoms with Crippen LogP contribution in [-0.4, -0.2) is 52.0 Å². The lowest BCUT2D eigenvalue weighted by Crippen LogP contribution is -2.36. The minimum Gasteiger partial charge on any atom is -0.378 e. The Morgan fingerprint density at radius 1 is 1.00 bits per heavy atom. The largest absolute Gasteiger partial charge is 0.378 e. The number of azo groups is 1. The lowest BCUT2D eigenvalue weighted by atomic mass is 10.1. The van der Waals surface area contributed by atoms with Crippen LogP contribution in [0.2, 0.25) is 0 Å². The van der Waals surface area contributed by atoms with Crippen molar-refractivity contribution in [3.8, 4) is 0 Å². The third-order valence-electron chi connectivity index (χ3n) is 6.51. The average molecular weight is 498 g/mol. The first kappa shape index (κ1) is 23.4. The van der Waals surface area contributed by atoms with Crippen LogP contribution in [0.5, 0.6) is 0 Å². The van der Waals surface area contributed by atoms with E-state index in [1.54, 1.807) is 0 Å². The third kappa shape index (κ3) is 5.40. The van der Waals surface area contributed by atoms with Crippen LogP contribution in [0.15, 0.2) is 58.8 Å². The highest BCUT2D eigenvalue weighted by Gasteiger charge is 2.19. The molecular weight excluding hydrogens is 470 g/mol. The van der Waals surface area contributed by atoms with E-state index in [0.717, 1.165) is 58.9 Å². The molecule has 0 radical (unpaired) electrons. The molecule has 2 aliphatic rings. The van der Waals surface area contributed by atoms with Crippen molar-refractivity contribution in [2.24, 2.45) is 10.2 Å². The number of benzene rings is 2. The summed E-state index contributed by atoms with van der Waals surface area (Å²) in [5, 5.41) is 8.78. The summed E-state index contributed by atoms with van der Waals surface area (Å²) >= 11 is 0. The molecule has 1 aliphatic carbocycles. The second-order valence-corrected chi connectivity index (χ2v) is 9.11. The quantitative estimate of drug-likeness (QED) is 0.360. The number of hydrogen-bond acceptors (Lipinski definition) is 9. The number of carbonyl (C=O) groups is 1. The van der Waals surface area contributed by atoms with E-state index in [2.05, 4.69) is 36.1 Å². The second-order valence-electron chi connectivity index (χ2n) is 9.11. The summed E-state index contributed by atoms with van der Waals surface area (Å²) in [6.45, 7) is 3.75. The number of hydrogen-bond donors (Lipinski definition) is 1. The number of rotatable bonds is 8. The van der Waals surface area contributed by atoms with Crippen LogP contribution in [-0.2, 0) is 35.7 Å². The number of ketones is 1. The number of H-pyrrole nitrogens is 1. The predicted octanol–water partition coefficient (Wildman–Crippen LogP) is 4.32. The Balaban J connectivity index is 1.16. The minimum absolute atomic E-state index is 0.217. The summed E-state index contributed by atoms with van der Waals surface area (Å²) in [5.41, 5.74) is 4.83. The summed E-state index contributed by atoms with van der Waals surface area (Å²) in [5.74, 6) is 2.77. The number of aromatic nitrogens is 4. The zero-order chi connectivity index (χ0) is 25.0. The van der Waals surface area contributed by atoms with Gasteiger partial charge in [-0.3, -0.25) is 4.79 Å². The van der Waals surface area contributed by atoms with Crippen molar-refractivity contribution in [2.75, 3.05) is 31.2 Å². The summed E-state index contributed by atoms with van der Waals surface area (Å²) in [6, 6.07) is 15.6. The molecule has 2 aromatic carbocycles. The maximum Gasteiger partial charge on any atom is 0.179 e. The number of aryl methyl sites for hydroxylation is 1. The minimum atomic E-state index is 0.217. The average Bonchev–Trinajstić information content (AvgIpc) is 3.52. The molecule has 0 saturated carbocycles. The molecule has 3 heterocycles. The zero-order valence-electron chi connectivity index (χ0n) is 20.4. The van der Waals surface area contributed by atoms with E-state index >= 15 is 0 Å². The van der Waals surface area contributed by atoms with Crippen LogP contribution in [0.4, 0.5) is 11.6 Å². The molecule has 0 spiro atoms. The van der Waals surface area contributed by atoms with Gasteiger partial charge in [0, 0.05) is 31.1 Å². The van der Waals surface area contributed by atoms with Crippen LogP contribution in [0.3, 0.4) is 0 Å². The molecule has 2 aromatic heterocycles. The molecule has 0 amide bonds. The Labute approximate surface area is 213 Å². The topological polar surface area (TPSA) is 118 Å². The first-order valence-corrected chi connectivity index (χ1v) is 12.5. The molecule has 10 nitrogen and oxygen atoms in total. The molecule has 0 unspecified atom stereocenters. The first-order chi connectivity index (χ1) is 18.2. The highest BCUT2D eigenvalue weighted by atomic mass is 16.5. The molecule has 10 heteroatoms. The second kappa shape index (κ2) is 10.5. The number of para-hydroxylation sites is 2. The van der Waals surface area contributed by atoms with E-state index in [1.165, 1.54) is 0 Å². The van der Waals surface area contributed by atoms with E-state index in [1.807, 2.05) is 42.5 Å². The zero-order valence-corrected chi connectivity index (χ0v) is 20.4. The fourth-order valence-corrected chi connectivity index (χ4v) is 4.65. The SMILES string of the molecule is O=C1CCc2cc(CN=Nc3cc(N4CCOCC4)nc(COCc4nc5ccccc5[nH]4)n3)ccc21. The van der Waals surface area contributed by atoms with Gasteiger partial charge in [-0.15, -0.1) is 5.11 Å². The van der Waals surface area contributed by atoms with Crippen LogP contribution in [0.1, 0.15) is 39.6 Å². The number of fused-ring (bicyclic) bond motifs is 2. The molecule has 1 saturated heterocycles. The number of aromatic amines is 1. The highest BCUT2D eigenvalue weighted by molar-refractivity contribution is 6.00. The maximum absolute atomic E-state index is 11.9. The van der Waals surface area contributed by atoms with Gasteiger partial charge in [-0.1, -0.05) is 30.3 Å². The molecule has 1 aliphatic heterocycles. The number of anilines is 1. The lowest BCUT2D eigenvalue weighted by molar-refractivity contribution is 0.0970. The Kier molecular flexibility index (Phi) is 6.66. The van der Waals surface area contributed by atoms with E-state index < -0.39 is 0 Å². The first-order valence-electron chi connectivity index (χ1n) is 12.5.